The third-order valence-electron chi connectivity index (χ3n) is 4.10. The summed E-state index contributed by atoms with van der Waals surface area (Å²) >= 11 is 0. The van der Waals surface area contributed by atoms with E-state index in [1.54, 1.807) is 4.68 Å². The van der Waals surface area contributed by atoms with Crippen molar-refractivity contribution in [3.63, 3.8) is 0 Å². The summed E-state index contributed by atoms with van der Waals surface area (Å²) in [4.78, 5) is 17.1. The molecule has 0 N–H and O–H groups in total. The van der Waals surface area contributed by atoms with Gasteiger partial charge in [-0.3, -0.25) is 14.8 Å². The quantitative estimate of drug-likeness (QED) is 0.617. The van der Waals surface area contributed by atoms with Crippen molar-refractivity contribution in [2.24, 2.45) is 13.0 Å². The second-order valence-electron chi connectivity index (χ2n) is 5.78. The van der Waals surface area contributed by atoms with Crippen LogP contribution in [0.3, 0.4) is 0 Å². The highest BCUT2D eigenvalue weighted by atomic mass is 16.6. The van der Waals surface area contributed by atoms with Gasteiger partial charge in [-0.25, -0.2) is 0 Å². The highest BCUT2D eigenvalue weighted by molar-refractivity contribution is 5.59. The van der Waals surface area contributed by atoms with Crippen LogP contribution in [0.2, 0.25) is 0 Å². The molecule has 8 nitrogen and oxygen atoms in total. The highest BCUT2D eigenvalue weighted by Crippen LogP contribution is 2.33. The maximum absolute atomic E-state index is 11.2. The summed E-state index contributed by atoms with van der Waals surface area (Å²) in [5, 5.41) is 15.4. The van der Waals surface area contributed by atoms with E-state index in [2.05, 4.69) is 10.1 Å². The molecule has 1 aliphatic heterocycles. The number of hydrogen-bond donors (Lipinski definition) is 0. The molecular weight excluding hydrogens is 298 g/mol. The molecule has 0 spiro atoms. The molecule has 1 aliphatic rings. The van der Waals surface area contributed by atoms with E-state index in [0.29, 0.717) is 17.6 Å². The van der Waals surface area contributed by atoms with Gasteiger partial charge in [0.05, 0.1) is 18.2 Å². The number of aromatic nitrogens is 3. The van der Waals surface area contributed by atoms with E-state index in [9.17, 15) is 10.1 Å². The van der Waals surface area contributed by atoms with E-state index in [1.165, 1.54) is 24.8 Å². The van der Waals surface area contributed by atoms with Gasteiger partial charge in [-0.15, -0.1) is 0 Å². The lowest BCUT2D eigenvalue weighted by Gasteiger charge is -2.17. The van der Waals surface area contributed by atoms with Gasteiger partial charge in [0.15, 0.2) is 0 Å². The van der Waals surface area contributed by atoms with E-state index in [-0.39, 0.29) is 5.69 Å². The van der Waals surface area contributed by atoms with E-state index in [1.807, 2.05) is 24.3 Å². The van der Waals surface area contributed by atoms with Crippen molar-refractivity contribution in [2.75, 3.05) is 25.1 Å². The fraction of sp³-hybridized carbons (Fsp3) is 0.467. The molecule has 23 heavy (non-hydrogen) atoms. The maximum atomic E-state index is 11.2. The molecule has 1 fully saturated rings. The lowest BCUT2D eigenvalue weighted by molar-refractivity contribution is -0.384. The van der Waals surface area contributed by atoms with Crippen LogP contribution in [0, 0.1) is 16.0 Å². The predicted molar refractivity (Wildman–Crippen MR) is 84.7 cm³/mol. The Hall–Kier alpha value is -2.64. The van der Waals surface area contributed by atoms with E-state index >= 15 is 0 Å². The second kappa shape index (κ2) is 6.23. The summed E-state index contributed by atoms with van der Waals surface area (Å²) in [7, 11) is 3.40. The minimum atomic E-state index is -0.393. The zero-order valence-electron chi connectivity index (χ0n) is 13.2. The van der Waals surface area contributed by atoms with Crippen LogP contribution in [0.15, 0.2) is 24.5 Å². The predicted octanol–water partition coefficient (Wildman–Crippen LogP) is 1.80. The maximum Gasteiger partial charge on any atom is 0.311 e. The van der Waals surface area contributed by atoms with Crippen LogP contribution >= 0.6 is 0 Å². The first-order valence-electron chi connectivity index (χ1n) is 7.48. The van der Waals surface area contributed by atoms with Gasteiger partial charge in [0.25, 0.3) is 0 Å². The molecule has 0 bridgehead atoms. The largest absolute Gasteiger partial charge is 0.481 e. The van der Waals surface area contributed by atoms with Crippen molar-refractivity contribution in [3.8, 4) is 5.88 Å². The number of ether oxygens (including phenoxy) is 1. The molecule has 1 unspecified atom stereocenters. The normalized spacial score (nSPS) is 17.5. The Kier molecular flexibility index (Phi) is 4.14. The number of hydrogen-bond acceptors (Lipinski definition) is 6. The number of anilines is 1. The molecule has 3 rings (SSSR count). The van der Waals surface area contributed by atoms with Crippen molar-refractivity contribution < 1.29 is 9.66 Å². The molecule has 8 heteroatoms. The third-order valence-corrected chi connectivity index (χ3v) is 4.10. The van der Waals surface area contributed by atoms with Crippen LogP contribution < -0.4 is 9.64 Å². The van der Waals surface area contributed by atoms with Crippen molar-refractivity contribution in [2.45, 2.75) is 12.8 Å². The smallest absolute Gasteiger partial charge is 0.311 e. The Bertz CT molecular complexity index is 715. The molecular formula is C15H19N5O3. The molecule has 0 radical (unpaired) electrons. The summed E-state index contributed by atoms with van der Waals surface area (Å²) in [6.07, 6.45) is 5.77. The fourth-order valence-electron chi connectivity index (χ4n) is 3.01. The molecule has 0 aliphatic carbocycles. The van der Waals surface area contributed by atoms with E-state index in [4.69, 9.17) is 4.74 Å². The van der Waals surface area contributed by atoms with Crippen LogP contribution in [0.1, 0.15) is 12.0 Å². The molecule has 122 valence electrons. The third kappa shape index (κ3) is 3.25. The fourth-order valence-corrected chi connectivity index (χ4v) is 3.01. The average molecular weight is 317 g/mol. The van der Waals surface area contributed by atoms with Gasteiger partial charge in [0, 0.05) is 38.5 Å². The molecule has 1 saturated heterocycles. The van der Waals surface area contributed by atoms with Crippen LogP contribution in [0.25, 0.3) is 0 Å². The minimum Gasteiger partial charge on any atom is -0.481 e. The second-order valence-corrected chi connectivity index (χ2v) is 5.78. The number of methoxy groups -OCH3 is 1. The van der Waals surface area contributed by atoms with Crippen LogP contribution in [-0.4, -0.2) is 39.9 Å². The summed E-state index contributed by atoms with van der Waals surface area (Å²) in [5.74, 6) is 1.22. The first-order chi connectivity index (χ1) is 11.1. The Balaban J connectivity index is 1.76. The molecule has 1 atom stereocenters. The lowest BCUT2D eigenvalue weighted by Crippen LogP contribution is -2.22. The van der Waals surface area contributed by atoms with Crippen LogP contribution in [0.5, 0.6) is 5.88 Å². The Morgan fingerprint density at radius 3 is 2.96 bits per heavy atom. The van der Waals surface area contributed by atoms with Gasteiger partial charge >= 0.3 is 5.69 Å². The number of pyridine rings is 1. The van der Waals surface area contributed by atoms with E-state index < -0.39 is 4.92 Å². The summed E-state index contributed by atoms with van der Waals surface area (Å²) in [6.45, 7) is 1.50. The number of nitro groups is 1. The van der Waals surface area contributed by atoms with E-state index in [0.717, 1.165) is 25.9 Å². The topological polar surface area (TPSA) is 86.3 Å². The number of nitrogens with zero attached hydrogens (tertiary/aromatic N) is 5. The minimum absolute atomic E-state index is 0.0211. The zero-order valence-corrected chi connectivity index (χ0v) is 13.2. The lowest BCUT2D eigenvalue weighted by atomic mass is 10.0. The number of aryl methyl sites for hydroxylation is 1. The molecule has 0 amide bonds. The summed E-state index contributed by atoms with van der Waals surface area (Å²) in [6, 6.07) is 2.97. The molecule has 0 aromatic carbocycles. The number of rotatable bonds is 5. The van der Waals surface area contributed by atoms with Gasteiger partial charge in [0.1, 0.15) is 0 Å². The monoisotopic (exact) mass is 317 g/mol. The van der Waals surface area contributed by atoms with Crippen LogP contribution in [-0.2, 0) is 13.5 Å². The van der Waals surface area contributed by atoms with Gasteiger partial charge in [-0.05, 0) is 24.3 Å². The summed E-state index contributed by atoms with van der Waals surface area (Å²) < 4.78 is 6.89. The average Bonchev–Trinajstić information content (AvgIpc) is 3.16. The molecule has 3 heterocycles. The van der Waals surface area contributed by atoms with Crippen molar-refractivity contribution in [1.82, 2.24) is 14.8 Å². The SMILES string of the molecule is COc1ccc([N+](=O)[O-])c(N2CCC(Cc3cnn(C)c3)C2)n1. The van der Waals surface area contributed by atoms with Gasteiger partial charge in [-0.2, -0.15) is 10.1 Å². The molecule has 2 aromatic heterocycles. The van der Waals surface area contributed by atoms with Crippen LogP contribution in [0.4, 0.5) is 11.5 Å². The van der Waals surface area contributed by atoms with Gasteiger partial charge in [0.2, 0.25) is 11.7 Å². The molecule has 2 aromatic rings. The molecule has 0 saturated carbocycles. The Labute approximate surface area is 133 Å². The zero-order chi connectivity index (χ0) is 16.4. The highest BCUT2D eigenvalue weighted by Gasteiger charge is 2.29. The summed E-state index contributed by atoms with van der Waals surface area (Å²) in [5.41, 5.74) is 1.21. The first-order valence-corrected chi connectivity index (χ1v) is 7.48. The van der Waals surface area contributed by atoms with Gasteiger partial charge < -0.3 is 9.64 Å². The van der Waals surface area contributed by atoms with Gasteiger partial charge in [-0.1, -0.05) is 0 Å². The first kappa shape index (κ1) is 15.3. The van der Waals surface area contributed by atoms with Crippen molar-refractivity contribution in [3.05, 3.63) is 40.2 Å². The van der Waals surface area contributed by atoms with Crippen molar-refractivity contribution >= 4 is 11.5 Å². The van der Waals surface area contributed by atoms with Crippen molar-refractivity contribution in [1.29, 1.82) is 0 Å². The Morgan fingerprint density at radius 1 is 1.48 bits per heavy atom. The Morgan fingerprint density at radius 2 is 2.30 bits per heavy atom. The standard InChI is InChI=1S/C15H19N5O3/c1-18-9-12(8-16-18)7-11-5-6-19(10-11)15-13(20(21)22)3-4-14(17-15)23-2/h3-4,8-9,11H,5-7,10H2,1-2H3.